The van der Waals surface area contributed by atoms with Crippen molar-refractivity contribution in [2.24, 2.45) is 0 Å². The number of amides is 1. The number of esters is 1. The van der Waals surface area contributed by atoms with Gasteiger partial charge < -0.3 is 15.0 Å². The average molecular weight is 251 g/mol. The minimum atomic E-state index is -0.404. The third-order valence-corrected chi connectivity index (χ3v) is 2.51. The average Bonchev–Trinajstić information content (AvgIpc) is 2.43. The van der Waals surface area contributed by atoms with Crippen LogP contribution < -0.4 is 10.2 Å². The molecule has 98 valence electrons. The van der Waals surface area contributed by atoms with Gasteiger partial charge in [-0.05, 0) is 12.1 Å². The lowest BCUT2D eigenvalue weighted by atomic mass is 10.2. The number of ether oxygens (including phenoxy) is 1. The molecule has 1 N–H and O–H groups in total. The van der Waals surface area contributed by atoms with Crippen molar-refractivity contribution in [1.82, 2.24) is 10.3 Å². The fraction of sp³-hybridized carbons (Fsp3) is 0.417. The van der Waals surface area contributed by atoms with E-state index in [-0.39, 0.29) is 5.91 Å². The SMILES string of the molecule is CNC(=O)CCN(C)c1cc(C(=O)OC)ccn1. The summed E-state index contributed by atoms with van der Waals surface area (Å²) in [4.78, 5) is 28.5. The molecule has 1 aromatic rings. The summed E-state index contributed by atoms with van der Waals surface area (Å²) in [6, 6.07) is 3.22. The monoisotopic (exact) mass is 251 g/mol. The van der Waals surface area contributed by atoms with E-state index in [9.17, 15) is 9.59 Å². The van der Waals surface area contributed by atoms with Crippen molar-refractivity contribution in [3.8, 4) is 0 Å². The van der Waals surface area contributed by atoms with Crippen LogP contribution in [0.5, 0.6) is 0 Å². The van der Waals surface area contributed by atoms with Crippen molar-refractivity contribution < 1.29 is 14.3 Å². The number of aromatic nitrogens is 1. The van der Waals surface area contributed by atoms with Crippen LogP contribution in [-0.4, -0.2) is 44.6 Å². The molecule has 0 aliphatic heterocycles. The van der Waals surface area contributed by atoms with Crippen LogP contribution in [0.4, 0.5) is 5.82 Å². The quantitative estimate of drug-likeness (QED) is 0.769. The summed E-state index contributed by atoms with van der Waals surface area (Å²) in [6.45, 7) is 0.525. The first kappa shape index (κ1) is 14.0. The Labute approximate surface area is 106 Å². The molecule has 18 heavy (non-hydrogen) atoms. The number of pyridine rings is 1. The van der Waals surface area contributed by atoms with Crippen molar-refractivity contribution >= 4 is 17.7 Å². The molecular weight excluding hydrogens is 234 g/mol. The molecule has 1 heterocycles. The molecule has 0 spiro atoms. The fourth-order valence-electron chi connectivity index (χ4n) is 1.38. The minimum absolute atomic E-state index is 0.0361. The molecule has 1 aromatic heterocycles. The maximum absolute atomic E-state index is 11.4. The van der Waals surface area contributed by atoms with Crippen LogP contribution in [0.1, 0.15) is 16.8 Å². The van der Waals surface area contributed by atoms with Gasteiger partial charge in [0.1, 0.15) is 5.82 Å². The Balaban J connectivity index is 2.71. The van der Waals surface area contributed by atoms with Crippen LogP contribution >= 0.6 is 0 Å². The molecule has 0 aromatic carbocycles. The summed E-state index contributed by atoms with van der Waals surface area (Å²) in [6.07, 6.45) is 1.91. The van der Waals surface area contributed by atoms with Crippen LogP contribution in [-0.2, 0) is 9.53 Å². The van der Waals surface area contributed by atoms with Gasteiger partial charge in [0.2, 0.25) is 5.91 Å². The standard InChI is InChI=1S/C12H17N3O3/c1-13-11(16)5-7-15(2)10-8-9(4-6-14-10)12(17)18-3/h4,6,8H,5,7H2,1-3H3,(H,13,16). The summed E-state index contributed by atoms with van der Waals surface area (Å²) >= 11 is 0. The van der Waals surface area contributed by atoms with E-state index in [1.165, 1.54) is 13.3 Å². The zero-order valence-corrected chi connectivity index (χ0v) is 10.8. The number of hydrogen-bond donors (Lipinski definition) is 1. The van der Waals surface area contributed by atoms with Gasteiger partial charge in [-0.25, -0.2) is 9.78 Å². The summed E-state index contributed by atoms with van der Waals surface area (Å²) in [7, 11) is 4.74. The molecule has 6 heteroatoms. The topological polar surface area (TPSA) is 71.5 Å². The van der Waals surface area contributed by atoms with Gasteiger partial charge in [-0.3, -0.25) is 4.79 Å². The van der Waals surface area contributed by atoms with Crippen molar-refractivity contribution in [3.63, 3.8) is 0 Å². The largest absolute Gasteiger partial charge is 0.465 e. The minimum Gasteiger partial charge on any atom is -0.465 e. The zero-order chi connectivity index (χ0) is 13.5. The third-order valence-electron chi connectivity index (χ3n) is 2.51. The van der Waals surface area contributed by atoms with Crippen LogP contribution in [0.3, 0.4) is 0 Å². The number of nitrogens with zero attached hydrogens (tertiary/aromatic N) is 2. The number of anilines is 1. The van der Waals surface area contributed by atoms with Gasteiger partial charge in [-0.2, -0.15) is 0 Å². The smallest absolute Gasteiger partial charge is 0.338 e. The summed E-state index contributed by atoms with van der Waals surface area (Å²) in [5, 5.41) is 2.55. The van der Waals surface area contributed by atoms with Crippen LogP contribution in [0, 0.1) is 0 Å². The van der Waals surface area contributed by atoms with E-state index in [2.05, 4.69) is 15.0 Å². The Morgan fingerprint density at radius 2 is 2.22 bits per heavy atom. The molecule has 0 aliphatic rings. The van der Waals surface area contributed by atoms with Crippen LogP contribution in [0.15, 0.2) is 18.3 Å². The molecule has 0 unspecified atom stereocenters. The maximum Gasteiger partial charge on any atom is 0.338 e. The molecule has 0 radical (unpaired) electrons. The molecule has 0 saturated carbocycles. The summed E-state index contributed by atoms with van der Waals surface area (Å²) in [5.74, 6) is 0.186. The highest BCUT2D eigenvalue weighted by molar-refractivity contribution is 5.90. The Kier molecular flexibility index (Phi) is 5.10. The molecule has 0 saturated heterocycles. The van der Waals surface area contributed by atoms with Gasteiger partial charge in [0.05, 0.1) is 12.7 Å². The van der Waals surface area contributed by atoms with Gasteiger partial charge in [0.15, 0.2) is 0 Å². The number of carbonyl (C=O) groups is 2. The third kappa shape index (κ3) is 3.73. The number of rotatable bonds is 5. The number of methoxy groups -OCH3 is 1. The van der Waals surface area contributed by atoms with Crippen molar-refractivity contribution in [3.05, 3.63) is 23.9 Å². The van der Waals surface area contributed by atoms with Gasteiger partial charge in [-0.15, -0.1) is 0 Å². The van der Waals surface area contributed by atoms with Gasteiger partial charge in [0, 0.05) is 33.3 Å². The molecule has 0 fully saturated rings. The summed E-state index contributed by atoms with van der Waals surface area (Å²) in [5.41, 5.74) is 0.439. The van der Waals surface area contributed by atoms with Crippen molar-refractivity contribution in [1.29, 1.82) is 0 Å². The van der Waals surface area contributed by atoms with E-state index in [0.717, 1.165) is 0 Å². The molecule has 6 nitrogen and oxygen atoms in total. The highest BCUT2D eigenvalue weighted by Gasteiger charge is 2.10. The maximum atomic E-state index is 11.4. The Morgan fingerprint density at radius 1 is 1.50 bits per heavy atom. The second-order valence-electron chi connectivity index (χ2n) is 3.74. The predicted octanol–water partition coefficient (Wildman–Crippen LogP) is 0.440. The van der Waals surface area contributed by atoms with E-state index in [4.69, 9.17) is 0 Å². The van der Waals surface area contributed by atoms with E-state index in [0.29, 0.717) is 24.3 Å². The first-order valence-electron chi connectivity index (χ1n) is 5.54. The molecule has 0 aliphatic carbocycles. The van der Waals surface area contributed by atoms with Crippen molar-refractivity contribution in [2.45, 2.75) is 6.42 Å². The second kappa shape index (κ2) is 6.58. The highest BCUT2D eigenvalue weighted by atomic mass is 16.5. The lowest BCUT2D eigenvalue weighted by Crippen LogP contribution is -2.27. The zero-order valence-electron chi connectivity index (χ0n) is 10.8. The lowest BCUT2D eigenvalue weighted by molar-refractivity contribution is -0.120. The van der Waals surface area contributed by atoms with E-state index >= 15 is 0 Å². The Morgan fingerprint density at radius 3 is 2.83 bits per heavy atom. The summed E-state index contributed by atoms with van der Waals surface area (Å²) < 4.78 is 4.64. The first-order chi connectivity index (χ1) is 8.58. The second-order valence-corrected chi connectivity index (χ2v) is 3.74. The van der Waals surface area contributed by atoms with Gasteiger partial charge in [-0.1, -0.05) is 0 Å². The molecule has 0 bridgehead atoms. The van der Waals surface area contributed by atoms with E-state index in [1.807, 2.05) is 11.9 Å². The Bertz CT molecular complexity index is 434. The number of nitrogens with one attached hydrogen (secondary N) is 1. The van der Waals surface area contributed by atoms with E-state index in [1.54, 1.807) is 19.2 Å². The normalized spacial score (nSPS) is 9.72. The number of carbonyl (C=O) groups excluding carboxylic acids is 2. The molecule has 1 rings (SSSR count). The van der Waals surface area contributed by atoms with Crippen molar-refractivity contribution in [2.75, 3.05) is 32.6 Å². The predicted molar refractivity (Wildman–Crippen MR) is 67.5 cm³/mol. The highest BCUT2D eigenvalue weighted by Crippen LogP contribution is 2.12. The molecular formula is C12H17N3O3. The van der Waals surface area contributed by atoms with Gasteiger partial charge >= 0.3 is 5.97 Å². The van der Waals surface area contributed by atoms with Gasteiger partial charge in [0.25, 0.3) is 0 Å². The fourth-order valence-corrected chi connectivity index (χ4v) is 1.38. The number of hydrogen-bond acceptors (Lipinski definition) is 5. The molecule has 0 atom stereocenters. The van der Waals surface area contributed by atoms with Crippen LogP contribution in [0.2, 0.25) is 0 Å². The molecule has 1 amide bonds. The lowest BCUT2D eigenvalue weighted by Gasteiger charge is -2.17. The first-order valence-corrected chi connectivity index (χ1v) is 5.54. The Hall–Kier alpha value is -2.11. The van der Waals surface area contributed by atoms with E-state index < -0.39 is 5.97 Å². The van der Waals surface area contributed by atoms with Crippen LogP contribution in [0.25, 0.3) is 0 Å².